The van der Waals surface area contributed by atoms with Crippen LogP contribution >= 0.6 is 11.6 Å². The highest BCUT2D eigenvalue weighted by atomic mass is 35.5. The van der Waals surface area contributed by atoms with E-state index in [0.717, 1.165) is 29.7 Å². The fraction of sp³-hybridized carbons (Fsp3) is 0.381. The van der Waals surface area contributed by atoms with Gasteiger partial charge in [-0.05, 0) is 61.1 Å². The van der Waals surface area contributed by atoms with E-state index in [2.05, 4.69) is 5.32 Å². The summed E-state index contributed by atoms with van der Waals surface area (Å²) in [6.45, 7) is 4.41. The van der Waals surface area contributed by atoms with E-state index < -0.39 is 16.1 Å². The number of benzene rings is 2. The number of sulfonamides is 1. The largest absolute Gasteiger partial charge is 0.324 e. The van der Waals surface area contributed by atoms with Gasteiger partial charge in [0.25, 0.3) is 0 Å². The summed E-state index contributed by atoms with van der Waals surface area (Å²) in [5.41, 5.74) is 2.92. The lowest BCUT2D eigenvalue weighted by Gasteiger charge is -2.24. The fourth-order valence-electron chi connectivity index (χ4n) is 3.64. The maximum Gasteiger partial charge on any atom is 0.243 e. The first-order chi connectivity index (χ1) is 13.4. The zero-order valence-electron chi connectivity index (χ0n) is 16.1. The van der Waals surface area contributed by atoms with E-state index in [4.69, 9.17) is 11.6 Å². The molecule has 0 aromatic heterocycles. The van der Waals surface area contributed by atoms with Crippen LogP contribution in [0.1, 0.15) is 37.8 Å². The van der Waals surface area contributed by atoms with Crippen molar-refractivity contribution in [3.05, 3.63) is 58.6 Å². The predicted octanol–water partition coefficient (Wildman–Crippen LogP) is 4.26. The third kappa shape index (κ3) is 4.09. The first-order valence-corrected chi connectivity index (χ1v) is 11.4. The van der Waals surface area contributed by atoms with Crippen molar-refractivity contribution in [2.45, 2.75) is 50.5 Å². The lowest BCUT2D eigenvalue weighted by Crippen LogP contribution is -2.43. The van der Waals surface area contributed by atoms with Crippen molar-refractivity contribution in [1.82, 2.24) is 4.31 Å². The molecule has 1 aliphatic rings. The molecule has 3 rings (SSSR count). The Kier molecular flexibility index (Phi) is 6.43. The molecule has 1 saturated heterocycles. The molecule has 2 aromatic rings. The second-order valence-electron chi connectivity index (χ2n) is 6.88. The Balaban J connectivity index is 1.87. The molecule has 1 heterocycles. The second-order valence-corrected chi connectivity index (χ2v) is 9.20. The molecule has 0 unspecified atom stereocenters. The number of aryl methyl sites for hydroxylation is 2. The third-order valence-electron chi connectivity index (χ3n) is 5.17. The summed E-state index contributed by atoms with van der Waals surface area (Å²) in [5.74, 6) is -0.273. The van der Waals surface area contributed by atoms with Crippen LogP contribution in [0.3, 0.4) is 0 Å². The number of hydrogen-bond donors (Lipinski definition) is 1. The molecule has 7 heteroatoms. The van der Waals surface area contributed by atoms with Crippen LogP contribution in [0.25, 0.3) is 0 Å². The van der Waals surface area contributed by atoms with Crippen LogP contribution in [-0.4, -0.2) is 31.2 Å². The number of halogens is 1. The van der Waals surface area contributed by atoms with E-state index in [-0.39, 0.29) is 10.8 Å². The maximum atomic E-state index is 13.1. The van der Waals surface area contributed by atoms with Gasteiger partial charge in [0, 0.05) is 17.3 Å². The molecule has 2 aromatic carbocycles. The molecule has 28 heavy (non-hydrogen) atoms. The number of nitrogens with one attached hydrogen (secondary N) is 1. The minimum Gasteiger partial charge on any atom is -0.324 e. The molecular formula is C21H25ClN2O3S. The Bertz CT molecular complexity index is 936. The lowest BCUT2D eigenvalue weighted by atomic mass is 10.0. The summed E-state index contributed by atoms with van der Waals surface area (Å²) >= 11 is 5.88. The van der Waals surface area contributed by atoms with Crippen LogP contribution in [0.15, 0.2) is 47.4 Å². The van der Waals surface area contributed by atoms with Gasteiger partial charge in [0.1, 0.15) is 6.04 Å². The zero-order valence-corrected chi connectivity index (χ0v) is 17.7. The van der Waals surface area contributed by atoms with Crippen LogP contribution in [-0.2, 0) is 27.7 Å². The van der Waals surface area contributed by atoms with Crippen LogP contribution in [0.2, 0.25) is 5.02 Å². The van der Waals surface area contributed by atoms with Crippen molar-refractivity contribution in [1.29, 1.82) is 0 Å². The average Bonchev–Trinajstić information content (AvgIpc) is 3.19. The van der Waals surface area contributed by atoms with Crippen LogP contribution in [0, 0.1) is 0 Å². The number of rotatable bonds is 6. The highest BCUT2D eigenvalue weighted by molar-refractivity contribution is 7.89. The van der Waals surface area contributed by atoms with E-state index in [1.54, 1.807) is 12.1 Å². The number of nitrogens with zero attached hydrogens (tertiary/aromatic N) is 1. The predicted molar refractivity (Wildman–Crippen MR) is 112 cm³/mol. The molecular weight excluding hydrogens is 396 g/mol. The number of amides is 1. The Hall–Kier alpha value is -1.89. The second kappa shape index (κ2) is 8.64. The Morgan fingerprint density at radius 3 is 2.29 bits per heavy atom. The number of para-hydroxylation sites is 1. The number of carbonyl (C=O) groups excluding carboxylic acids is 1. The van der Waals surface area contributed by atoms with Gasteiger partial charge in [0.05, 0.1) is 4.90 Å². The molecule has 150 valence electrons. The van der Waals surface area contributed by atoms with E-state index >= 15 is 0 Å². The SMILES string of the molecule is CCc1cccc(CC)c1NC(=O)[C@@H]1CCCN1S(=O)(=O)c1ccc(Cl)cc1. The monoisotopic (exact) mass is 420 g/mol. The van der Waals surface area contributed by atoms with Gasteiger partial charge < -0.3 is 5.32 Å². The molecule has 1 aliphatic heterocycles. The fourth-order valence-corrected chi connectivity index (χ4v) is 5.42. The number of anilines is 1. The van der Waals surface area contributed by atoms with Gasteiger partial charge in [0.15, 0.2) is 0 Å². The van der Waals surface area contributed by atoms with Gasteiger partial charge in [-0.1, -0.05) is 43.6 Å². The van der Waals surface area contributed by atoms with Crippen LogP contribution in [0.5, 0.6) is 0 Å². The van der Waals surface area contributed by atoms with Crippen LogP contribution in [0.4, 0.5) is 5.69 Å². The Labute approximate surface area is 171 Å². The minimum absolute atomic E-state index is 0.153. The topological polar surface area (TPSA) is 66.5 Å². The van der Waals surface area contributed by atoms with Gasteiger partial charge in [-0.25, -0.2) is 8.42 Å². The lowest BCUT2D eigenvalue weighted by molar-refractivity contribution is -0.119. The normalized spacial score (nSPS) is 17.6. The smallest absolute Gasteiger partial charge is 0.243 e. The standard InChI is InChI=1S/C21H25ClN2O3S/c1-3-15-7-5-8-16(4-2)20(15)23-21(25)19-9-6-14-24(19)28(26,27)18-12-10-17(22)11-13-18/h5,7-8,10-13,19H,3-4,6,9,14H2,1-2H3,(H,23,25)/t19-/m0/s1. The van der Waals surface area contributed by atoms with Gasteiger partial charge in [-0.2, -0.15) is 4.31 Å². The molecule has 0 saturated carbocycles. The molecule has 0 aliphatic carbocycles. The van der Waals surface area contributed by atoms with E-state index in [9.17, 15) is 13.2 Å². The Morgan fingerprint density at radius 2 is 1.71 bits per heavy atom. The van der Waals surface area contributed by atoms with Crippen LogP contribution < -0.4 is 5.32 Å². The zero-order chi connectivity index (χ0) is 20.3. The third-order valence-corrected chi connectivity index (χ3v) is 7.35. The van der Waals surface area contributed by atoms with Gasteiger partial charge >= 0.3 is 0 Å². The van der Waals surface area contributed by atoms with Crippen molar-refractivity contribution in [2.75, 3.05) is 11.9 Å². The van der Waals surface area contributed by atoms with Crippen molar-refractivity contribution < 1.29 is 13.2 Å². The minimum atomic E-state index is -3.76. The summed E-state index contributed by atoms with van der Waals surface area (Å²) in [6, 6.07) is 11.3. The summed E-state index contributed by atoms with van der Waals surface area (Å²) in [4.78, 5) is 13.2. The molecule has 0 bridgehead atoms. The first-order valence-electron chi connectivity index (χ1n) is 9.57. The molecule has 0 radical (unpaired) electrons. The van der Waals surface area contributed by atoms with Crippen molar-refractivity contribution in [3.8, 4) is 0 Å². The molecule has 1 N–H and O–H groups in total. The van der Waals surface area contributed by atoms with E-state index in [0.29, 0.717) is 24.4 Å². The number of carbonyl (C=O) groups is 1. The van der Waals surface area contributed by atoms with Gasteiger partial charge in [-0.3, -0.25) is 4.79 Å². The van der Waals surface area contributed by atoms with Gasteiger partial charge in [-0.15, -0.1) is 0 Å². The highest BCUT2D eigenvalue weighted by Crippen LogP contribution is 2.29. The summed E-state index contributed by atoms with van der Waals surface area (Å²) in [7, 11) is -3.76. The summed E-state index contributed by atoms with van der Waals surface area (Å²) in [5, 5.41) is 3.49. The quantitative estimate of drug-likeness (QED) is 0.759. The van der Waals surface area contributed by atoms with Crippen molar-refractivity contribution >= 4 is 33.2 Å². The molecule has 1 amide bonds. The van der Waals surface area contributed by atoms with E-state index in [1.807, 2.05) is 32.0 Å². The number of hydrogen-bond acceptors (Lipinski definition) is 3. The van der Waals surface area contributed by atoms with E-state index in [1.165, 1.54) is 16.4 Å². The molecule has 1 atom stereocenters. The molecule has 5 nitrogen and oxygen atoms in total. The van der Waals surface area contributed by atoms with Crippen molar-refractivity contribution in [3.63, 3.8) is 0 Å². The summed E-state index contributed by atoms with van der Waals surface area (Å²) < 4.78 is 27.4. The molecule has 0 spiro atoms. The first kappa shape index (κ1) is 20.8. The van der Waals surface area contributed by atoms with Gasteiger partial charge in [0.2, 0.25) is 15.9 Å². The summed E-state index contributed by atoms with van der Waals surface area (Å²) in [6.07, 6.45) is 2.75. The van der Waals surface area contributed by atoms with Crippen molar-refractivity contribution in [2.24, 2.45) is 0 Å². The maximum absolute atomic E-state index is 13.1. The average molecular weight is 421 g/mol. The Morgan fingerprint density at radius 1 is 1.11 bits per heavy atom. The molecule has 1 fully saturated rings. The highest BCUT2D eigenvalue weighted by Gasteiger charge is 2.39.